The number of nitrogens with one attached hydrogen (secondary N) is 1. The van der Waals surface area contributed by atoms with Crippen LogP contribution in [-0.2, 0) is 13.0 Å². The fourth-order valence-corrected chi connectivity index (χ4v) is 2.20. The monoisotopic (exact) mass is 258 g/mol. The summed E-state index contributed by atoms with van der Waals surface area (Å²) in [4.78, 5) is 2.25. The van der Waals surface area contributed by atoms with Gasteiger partial charge in [0.05, 0.1) is 6.42 Å². The molecule has 1 fully saturated rings. The average molecular weight is 258 g/mol. The Morgan fingerprint density at radius 3 is 2.44 bits per heavy atom. The molecular formula is C13H17F3N2. The van der Waals surface area contributed by atoms with E-state index in [0.29, 0.717) is 5.56 Å². The summed E-state index contributed by atoms with van der Waals surface area (Å²) in [6.45, 7) is 4.52. The summed E-state index contributed by atoms with van der Waals surface area (Å²) in [6, 6.07) is 6.80. The fourth-order valence-electron chi connectivity index (χ4n) is 2.20. The van der Waals surface area contributed by atoms with E-state index < -0.39 is 12.6 Å². The van der Waals surface area contributed by atoms with Crippen LogP contribution in [0.3, 0.4) is 0 Å². The van der Waals surface area contributed by atoms with Crippen LogP contribution in [0.25, 0.3) is 0 Å². The van der Waals surface area contributed by atoms with Gasteiger partial charge in [-0.15, -0.1) is 0 Å². The Morgan fingerprint density at radius 1 is 1.11 bits per heavy atom. The van der Waals surface area contributed by atoms with Gasteiger partial charge < -0.3 is 5.32 Å². The minimum absolute atomic E-state index is 0.343. The van der Waals surface area contributed by atoms with Gasteiger partial charge >= 0.3 is 6.18 Å². The van der Waals surface area contributed by atoms with Crippen molar-refractivity contribution in [2.24, 2.45) is 0 Å². The Balaban J connectivity index is 1.98. The summed E-state index contributed by atoms with van der Waals surface area (Å²) in [6.07, 6.45) is -4.98. The number of halogens is 3. The van der Waals surface area contributed by atoms with Crippen LogP contribution in [0, 0.1) is 0 Å². The molecule has 2 nitrogen and oxygen atoms in total. The van der Waals surface area contributed by atoms with Crippen LogP contribution in [0.15, 0.2) is 24.3 Å². The largest absolute Gasteiger partial charge is 0.393 e. The minimum Gasteiger partial charge on any atom is -0.314 e. The number of nitrogens with zero attached hydrogens (tertiary/aromatic N) is 1. The van der Waals surface area contributed by atoms with Crippen molar-refractivity contribution in [2.75, 3.05) is 26.2 Å². The van der Waals surface area contributed by atoms with Gasteiger partial charge in [-0.05, 0) is 11.1 Å². The molecule has 0 atom stereocenters. The van der Waals surface area contributed by atoms with E-state index in [1.165, 1.54) is 6.07 Å². The second kappa shape index (κ2) is 5.71. The van der Waals surface area contributed by atoms with Gasteiger partial charge in [-0.25, -0.2) is 0 Å². The zero-order valence-corrected chi connectivity index (χ0v) is 10.1. The molecular weight excluding hydrogens is 241 g/mol. The van der Waals surface area contributed by atoms with Crippen molar-refractivity contribution < 1.29 is 13.2 Å². The predicted octanol–water partition coefficient (Wildman–Crippen LogP) is 2.20. The van der Waals surface area contributed by atoms with Crippen LogP contribution < -0.4 is 5.32 Å². The van der Waals surface area contributed by atoms with Gasteiger partial charge in [0.25, 0.3) is 0 Å². The first kappa shape index (κ1) is 13.4. The van der Waals surface area contributed by atoms with Crippen LogP contribution in [-0.4, -0.2) is 37.3 Å². The molecule has 1 aromatic rings. The van der Waals surface area contributed by atoms with Crippen molar-refractivity contribution >= 4 is 0 Å². The average Bonchev–Trinajstić information content (AvgIpc) is 2.28. The molecule has 0 amide bonds. The maximum absolute atomic E-state index is 12.3. The molecule has 1 aromatic carbocycles. The van der Waals surface area contributed by atoms with Crippen molar-refractivity contribution in [3.63, 3.8) is 0 Å². The van der Waals surface area contributed by atoms with Gasteiger partial charge in [-0.2, -0.15) is 13.2 Å². The second-order valence-corrected chi connectivity index (χ2v) is 4.64. The molecule has 1 heterocycles. The lowest BCUT2D eigenvalue weighted by molar-refractivity contribution is -0.127. The molecule has 0 radical (unpaired) electrons. The number of hydrogen-bond acceptors (Lipinski definition) is 2. The van der Waals surface area contributed by atoms with E-state index in [-0.39, 0.29) is 0 Å². The van der Waals surface area contributed by atoms with Crippen molar-refractivity contribution in [3.05, 3.63) is 35.4 Å². The molecule has 1 N–H and O–H groups in total. The van der Waals surface area contributed by atoms with Crippen LogP contribution >= 0.6 is 0 Å². The molecule has 1 aliphatic heterocycles. The highest BCUT2D eigenvalue weighted by atomic mass is 19.4. The van der Waals surface area contributed by atoms with E-state index in [1.807, 2.05) is 6.07 Å². The third kappa shape index (κ3) is 4.31. The Morgan fingerprint density at radius 2 is 1.78 bits per heavy atom. The molecule has 0 spiro atoms. The van der Waals surface area contributed by atoms with Crippen LogP contribution in [0.4, 0.5) is 13.2 Å². The molecule has 0 bridgehead atoms. The van der Waals surface area contributed by atoms with E-state index in [9.17, 15) is 13.2 Å². The highest BCUT2D eigenvalue weighted by Gasteiger charge is 2.27. The fraction of sp³-hybridized carbons (Fsp3) is 0.538. The standard InChI is InChI=1S/C13H17F3N2/c14-13(15,16)9-11-2-1-3-12(8-11)10-18-6-4-17-5-7-18/h1-3,8,17H,4-7,9-10H2. The smallest absolute Gasteiger partial charge is 0.314 e. The van der Waals surface area contributed by atoms with Gasteiger partial charge in [0.2, 0.25) is 0 Å². The van der Waals surface area contributed by atoms with Gasteiger partial charge in [0.1, 0.15) is 0 Å². The van der Waals surface area contributed by atoms with Crippen LogP contribution in [0.2, 0.25) is 0 Å². The van der Waals surface area contributed by atoms with E-state index in [4.69, 9.17) is 0 Å². The summed E-state index contributed by atoms with van der Waals surface area (Å²) in [5.41, 5.74) is 1.30. The molecule has 1 saturated heterocycles. The van der Waals surface area contributed by atoms with Crippen LogP contribution in [0.5, 0.6) is 0 Å². The first-order valence-electron chi connectivity index (χ1n) is 6.10. The van der Waals surface area contributed by atoms with E-state index in [0.717, 1.165) is 38.3 Å². The number of piperazine rings is 1. The Kier molecular flexibility index (Phi) is 4.24. The SMILES string of the molecule is FC(F)(F)Cc1cccc(CN2CCNCC2)c1. The van der Waals surface area contributed by atoms with Crippen molar-refractivity contribution in [3.8, 4) is 0 Å². The van der Waals surface area contributed by atoms with E-state index in [2.05, 4.69) is 10.2 Å². The maximum atomic E-state index is 12.3. The summed E-state index contributed by atoms with van der Waals surface area (Å²) >= 11 is 0. The second-order valence-electron chi connectivity index (χ2n) is 4.64. The topological polar surface area (TPSA) is 15.3 Å². The zero-order chi connectivity index (χ0) is 13.0. The lowest BCUT2D eigenvalue weighted by atomic mass is 10.1. The van der Waals surface area contributed by atoms with E-state index in [1.54, 1.807) is 12.1 Å². The van der Waals surface area contributed by atoms with Gasteiger partial charge in [0, 0.05) is 32.7 Å². The molecule has 0 aliphatic carbocycles. The molecule has 100 valence electrons. The molecule has 1 aliphatic rings. The van der Waals surface area contributed by atoms with Crippen molar-refractivity contribution in [2.45, 2.75) is 19.1 Å². The molecule has 18 heavy (non-hydrogen) atoms. The number of rotatable bonds is 3. The normalized spacial score (nSPS) is 17.9. The number of hydrogen-bond donors (Lipinski definition) is 1. The predicted molar refractivity (Wildman–Crippen MR) is 64.3 cm³/mol. The lowest BCUT2D eigenvalue weighted by Crippen LogP contribution is -2.42. The number of alkyl halides is 3. The highest BCUT2D eigenvalue weighted by Crippen LogP contribution is 2.22. The zero-order valence-electron chi connectivity index (χ0n) is 10.1. The third-order valence-corrected chi connectivity index (χ3v) is 3.01. The summed E-state index contributed by atoms with van der Waals surface area (Å²) < 4.78 is 36.9. The third-order valence-electron chi connectivity index (χ3n) is 3.01. The van der Waals surface area contributed by atoms with Crippen LogP contribution in [0.1, 0.15) is 11.1 Å². The Labute approximate surface area is 105 Å². The van der Waals surface area contributed by atoms with Crippen molar-refractivity contribution in [1.29, 1.82) is 0 Å². The first-order chi connectivity index (χ1) is 8.53. The van der Waals surface area contributed by atoms with Gasteiger partial charge in [-0.3, -0.25) is 4.90 Å². The van der Waals surface area contributed by atoms with E-state index >= 15 is 0 Å². The lowest BCUT2D eigenvalue weighted by Gasteiger charge is -2.27. The molecule has 2 rings (SSSR count). The summed E-state index contributed by atoms with van der Waals surface area (Å²) in [5.74, 6) is 0. The molecule has 0 aromatic heterocycles. The first-order valence-corrected chi connectivity index (χ1v) is 6.10. The maximum Gasteiger partial charge on any atom is 0.393 e. The molecule has 0 unspecified atom stereocenters. The summed E-state index contributed by atoms with van der Waals surface area (Å²) in [5, 5.41) is 3.25. The Bertz CT molecular complexity index is 384. The molecule has 5 heteroatoms. The number of benzene rings is 1. The highest BCUT2D eigenvalue weighted by molar-refractivity contribution is 5.24. The minimum atomic E-state index is -4.13. The van der Waals surface area contributed by atoms with Gasteiger partial charge in [0.15, 0.2) is 0 Å². The van der Waals surface area contributed by atoms with Crippen molar-refractivity contribution in [1.82, 2.24) is 10.2 Å². The molecule has 0 saturated carbocycles. The summed E-state index contributed by atoms with van der Waals surface area (Å²) in [7, 11) is 0. The quantitative estimate of drug-likeness (QED) is 0.894. The Hall–Kier alpha value is -1.07. The van der Waals surface area contributed by atoms with Gasteiger partial charge in [-0.1, -0.05) is 24.3 Å².